The quantitative estimate of drug-likeness (QED) is 0.620. The highest BCUT2D eigenvalue weighted by atomic mass is 79.9. The van der Waals surface area contributed by atoms with Gasteiger partial charge < -0.3 is 9.13 Å². The predicted molar refractivity (Wildman–Crippen MR) is 109 cm³/mol. The fourth-order valence-electron chi connectivity index (χ4n) is 4.15. The molecule has 0 unspecified atom stereocenters. The van der Waals surface area contributed by atoms with Crippen molar-refractivity contribution in [1.82, 2.24) is 14.1 Å². The predicted octanol–water partition coefficient (Wildman–Crippen LogP) is 4.71. The number of imidazole rings is 1. The van der Waals surface area contributed by atoms with E-state index < -0.39 is 0 Å². The average Bonchev–Trinajstić information content (AvgIpc) is 3.17. The van der Waals surface area contributed by atoms with Crippen LogP contribution in [0.15, 0.2) is 39.7 Å². The molecule has 1 atom stereocenters. The SMILES string of the molecule is CCc1nc2ccn(CC(C)C)c(=O)c2n1[C@H]1CCc2cc(Br)ccc21. The van der Waals surface area contributed by atoms with Crippen LogP contribution in [0.2, 0.25) is 0 Å². The molecule has 0 radical (unpaired) electrons. The molecule has 26 heavy (non-hydrogen) atoms. The molecule has 0 saturated heterocycles. The summed E-state index contributed by atoms with van der Waals surface area (Å²) in [5, 5.41) is 0. The van der Waals surface area contributed by atoms with Crippen LogP contribution in [0.25, 0.3) is 11.0 Å². The van der Waals surface area contributed by atoms with E-state index in [9.17, 15) is 4.79 Å². The average molecular weight is 414 g/mol. The third-order valence-electron chi connectivity index (χ3n) is 5.23. The van der Waals surface area contributed by atoms with Gasteiger partial charge in [0.25, 0.3) is 5.56 Å². The maximum absolute atomic E-state index is 13.2. The molecule has 4 nitrogen and oxygen atoms in total. The van der Waals surface area contributed by atoms with E-state index in [1.165, 1.54) is 11.1 Å². The second kappa shape index (κ2) is 6.69. The van der Waals surface area contributed by atoms with E-state index in [0.29, 0.717) is 5.92 Å². The van der Waals surface area contributed by atoms with Crippen molar-refractivity contribution in [3.05, 3.63) is 62.2 Å². The molecule has 1 aromatic carbocycles. The molecular formula is C21H24BrN3O. The van der Waals surface area contributed by atoms with Gasteiger partial charge in [0.05, 0.1) is 11.6 Å². The highest BCUT2D eigenvalue weighted by Gasteiger charge is 2.28. The van der Waals surface area contributed by atoms with E-state index in [-0.39, 0.29) is 11.6 Å². The minimum absolute atomic E-state index is 0.0777. The van der Waals surface area contributed by atoms with E-state index >= 15 is 0 Å². The van der Waals surface area contributed by atoms with Gasteiger partial charge in [-0.2, -0.15) is 0 Å². The van der Waals surface area contributed by atoms with Crippen molar-refractivity contribution in [2.75, 3.05) is 0 Å². The summed E-state index contributed by atoms with van der Waals surface area (Å²) in [7, 11) is 0. The zero-order valence-corrected chi connectivity index (χ0v) is 17.1. The Bertz CT molecular complexity index is 1030. The lowest BCUT2D eigenvalue weighted by atomic mass is 10.1. The van der Waals surface area contributed by atoms with E-state index in [0.717, 1.165) is 47.1 Å². The Hall–Kier alpha value is -1.88. The first-order valence-corrected chi connectivity index (χ1v) is 10.2. The number of pyridine rings is 1. The summed E-state index contributed by atoms with van der Waals surface area (Å²) in [5.74, 6) is 1.43. The fraction of sp³-hybridized carbons (Fsp3) is 0.429. The van der Waals surface area contributed by atoms with Gasteiger partial charge in [-0.05, 0) is 48.1 Å². The van der Waals surface area contributed by atoms with Gasteiger partial charge in [-0.15, -0.1) is 0 Å². The van der Waals surface area contributed by atoms with Crippen molar-refractivity contribution in [3.8, 4) is 0 Å². The monoisotopic (exact) mass is 413 g/mol. The number of fused-ring (bicyclic) bond motifs is 2. The van der Waals surface area contributed by atoms with Crippen LogP contribution in [0.4, 0.5) is 0 Å². The molecule has 0 amide bonds. The number of aromatic nitrogens is 3. The first kappa shape index (κ1) is 17.5. The molecule has 1 aliphatic carbocycles. The second-order valence-corrected chi connectivity index (χ2v) is 8.47. The van der Waals surface area contributed by atoms with Gasteiger partial charge in [-0.25, -0.2) is 4.98 Å². The Morgan fingerprint density at radius 2 is 2.12 bits per heavy atom. The number of aryl methyl sites for hydroxylation is 2. The largest absolute Gasteiger partial charge is 0.316 e. The smallest absolute Gasteiger partial charge is 0.276 e. The van der Waals surface area contributed by atoms with Gasteiger partial charge in [0.1, 0.15) is 11.3 Å². The summed E-state index contributed by atoms with van der Waals surface area (Å²) in [6, 6.07) is 8.68. The maximum Gasteiger partial charge on any atom is 0.276 e. The molecule has 5 heteroatoms. The van der Waals surface area contributed by atoms with Crippen LogP contribution in [0.1, 0.15) is 50.2 Å². The number of nitrogens with zero attached hydrogens (tertiary/aromatic N) is 3. The summed E-state index contributed by atoms with van der Waals surface area (Å²) in [5.41, 5.74) is 4.34. The zero-order valence-electron chi connectivity index (χ0n) is 15.5. The van der Waals surface area contributed by atoms with Crippen molar-refractivity contribution in [2.24, 2.45) is 5.92 Å². The highest BCUT2D eigenvalue weighted by molar-refractivity contribution is 9.10. The van der Waals surface area contributed by atoms with E-state index in [1.54, 1.807) is 0 Å². The lowest BCUT2D eigenvalue weighted by Gasteiger charge is -2.18. The van der Waals surface area contributed by atoms with Crippen LogP contribution in [0.3, 0.4) is 0 Å². The molecule has 0 spiro atoms. The molecule has 2 heterocycles. The summed E-state index contributed by atoms with van der Waals surface area (Å²) in [6.45, 7) is 7.12. The molecule has 136 valence electrons. The molecule has 0 N–H and O–H groups in total. The Morgan fingerprint density at radius 3 is 2.85 bits per heavy atom. The van der Waals surface area contributed by atoms with E-state index in [2.05, 4.69) is 59.5 Å². The molecule has 0 bridgehead atoms. The fourth-order valence-corrected chi connectivity index (χ4v) is 4.55. The first-order valence-electron chi connectivity index (χ1n) is 9.38. The van der Waals surface area contributed by atoms with Gasteiger partial charge in [0.15, 0.2) is 0 Å². The van der Waals surface area contributed by atoms with Crippen LogP contribution in [-0.2, 0) is 19.4 Å². The number of rotatable bonds is 4. The van der Waals surface area contributed by atoms with Crippen LogP contribution < -0.4 is 5.56 Å². The second-order valence-electron chi connectivity index (χ2n) is 7.55. The number of halogens is 1. The van der Waals surface area contributed by atoms with Gasteiger partial charge in [-0.3, -0.25) is 4.79 Å². The van der Waals surface area contributed by atoms with Crippen molar-refractivity contribution >= 4 is 27.0 Å². The molecule has 3 aromatic rings. The van der Waals surface area contributed by atoms with E-state index in [1.807, 2.05) is 16.8 Å². The third kappa shape index (κ3) is 2.82. The van der Waals surface area contributed by atoms with E-state index in [4.69, 9.17) is 4.98 Å². The number of hydrogen-bond donors (Lipinski definition) is 0. The third-order valence-corrected chi connectivity index (χ3v) is 5.72. The minimum atomic E-state index is 0.0777. The Labute approximate surface area is 162 Å². The van der Waals surface area contributed by atoms with Crippen LogP contribution in [0.5, 0.6) is 0 Å². The molecule has 0 aliphatic heterocycles. The summed E-state index contributed by atoms with van der Waals surface area (Å²) in [4.78, 5) is 18.0. The molecule has 0 fully saturated rings. The van der Waals surface area contributed by atoms with Gasteiger partial charge in [0, 0.05) is 23.6 Å². The maximum atomic E-state index is 13.2. The molecular weight excluding hydrogens is 390 g/mol. The van der Waals surface area contributed by atoms with Crippen LogP contribution in [-0.4, -0.2) is 14.1 Å². The van der Waals surface area contributed by atoms with Gasteiger partial charge in [0.2, 0.25) is 0 Å². The normalized spacial score (nSPS) is 16.6. The van der Waals surface area contributed by atoms with Crippen LogP contribution >= 0.6 is 15.9 Å². The summed E-state index contributed by atoms with van der Waals surface area (Å²) >= 11 is 3.57. The Balaban J connectivity index is 1.94. The zero-order chi connectivity index (χ0) is 18.4. The number of hydrogen-bond acceptors (Lipinski definition) is 2. The summed E-state index contributed by atoms with van der Waals surface area (Å²) in [6.07, 6.45) is 4.76. The van der Waals surface area contributed by atoms with Crippen molar-refractivity contribution < 1.29 is 0 Å². The van der Waals surface area contributed by atoms with Crippen molar-refractivity contribution in [3.63, 3.8) is 0 Å². The Kier molecular flexibility index (Phi) is 4.51. The molecule has 4 rings (SSSR count). The van der Waals surface area contributed by atoms with Crippen LogP contribution in [0, 0.1) is 5.92 Å². The Morgan fingerprint density at radius 1 is 1.31 bits per heavy atom. The van der Waals surface area contributed by atoms with Crippen molar-refractivity contribution in [1.29, 1.82) is 0 Å². The lowest BCUT2D eigenvalue weighted by Crippen LogP contribution is -2.25. The topological polar surface area (TPSA) is 39.8 Å². The molecule has 0 saturated carbocycles. The first-order chi connectivity index (χ1) is 12.5. The standard InChI is InChI=1S/C21H24BrN3O/c1-4-19-23-17-9-10-24(12-13(2)3)21(26)20(17)25(19)18-8-5-14-11-15(22)6-7-16(14)18/h6-7,9-11,13,18H,4-5,8,12H2,1-3H3/t18-/m0/s1. The molecule has 1 aliphatic rings. The molecule has 2 aromatic heterocycles. The van der Waals surface area contributed by atoms with Gasteiger partial charge in [-0.1, -0.05) is 42.8 Å². The lowest BCUT2D eigenvalue weighted by molar-refractivity contribution is 0.509. The van der Waals surface area contributed by atoms with Crippen molar-refractivity contribution in [2.45, 2.75) is 52.6 Å². The summed E-state index contributed by atoms with van der Waals surface area (Å²) < 4.78 is 5.17. The number of benzene rings is 1. The van der Waals surface area contributed by atoms with Gasteiger partial charge >= 0.3 is 0 Å². The minimum Gasteiger partial charge on any atom is -0.316 e. The highest BCUT2D eigenvalue weighted by Crippen LogP contribution is 2.38.